The molecular weight excluding hydrogens is 697 g/mol. The molecule has 12 heteroatoms. The van der Waals surface area contributed by atoms with E-state index in [0.29, 0.717) is 76.2 Å². The maximum Gasteiger partial charge on any atom is 0.410 e. The molecule has 0 radical (unpaired) electrons. The molecule has 1 N–H and O–H groups in total. The summed E-state index contributed by atoms with van der Waals surface area (Å²) >= 11 is 12.9. The zero-order valence-corrected chi connectivity index (χ0v) is 32.0. The molecule has 0 aromatic heterocycles. The molecule has 51 heavy (non-hydrogen) atoms. The summed E-state index contributed by atoms with van der Waals surface area (Å²) in [5.74, 6) is 0. The number of ether oxygens (including phenoxy) is 3. The van der Waals surface area contributed by atoms with Crippen molar-refractivity contribution in [3.05, 3.63) is 57.6 Å². The predicted molar refractivity (Wildman–Crippen MR) is 202 cm³/mol. The molecule has 0 unspecified atom stereocenters. The van der Waals surface area contributed by atoms with Crippen LogP contribution >= 0.6 is 23.2 Å². The van der Waals surface area contributed by atoms with Gasteiger partial charge in [0.25, 0.3) is 0 Å². The van der Waals surface area contributed by atoms with Gasteiger partial charge in [0.2, 0.25) is 0 Å². The van der Waals surface area contributed by atoms with E-state index < -0.39 is 17.9 Å². The van der Waals surface area contributed by atoms with Crippen molar-refractivity contribution >= 4 is 40.7 Å². The van der Waals surface area contributed by atoms with Crippen LogP contribution < -0.4 is 15.1 Å². The lowest BCUT2D eigenvalue weighted by atomic mass is 10.1. The van der Waals surface area contributed by atoms with E-state index >= 15 is 0 Å². The first-order chi connectivity index (χ1) is 24.4. The van der Waals surface area contributed by atoms with E-state index in [4.69, 9.17) is 37.4 Å². The van der Waals surface area contributed by atoms with Gasteiger partial charge in [-0.05, 0) is 121 Å². The Hall–Kier alpha value is -2.37. The topological polar surface area (TPSA) is 66.5 Å². The van der Waals surface area contributed by atoms with Gasteiger partial charge in [0, 0.05) is 39.3 Å². The Kier molecular flexibility index (Phi) is 14.9. The minimum Gasteiger partial charge on any atom is -0.444 e. The van der Waals surface area contributed by atoms with Crippen molar-refractivity contribution in [1.29, 1.82) is 0 Å². The van der Waals surface area contributed by atoms with Crippen molar-refractivity contribution in [2.75, 3.05) is 62.2 Å². The molecule has 284 valence electrons. The Morgan fingerprint density at radius 3 is 1.55 bits per heavy atom. The highest BCUT2D eigenvalue weighted by molar-refractivity contribution is 6.33. The minimum absolute atomic E-state index is 0.121. The molecule has 8 nitrogen and oxygen atoms in total. The van der Waals surface area contributed by atoms with Crippen LogP contribution in [0.15, 0.2) is 36.4 Å². The number of nitrogens with one attached hydrogen (secondary N) is 1. The van der Waals surface area contributed by atoms with E-state index in [0.717, 1.165) is 79.4 Å². The van der Waals surface area contributed by atoms with Crippen LogP contribution in [0.4, 0.5) is 25.0 Å². The molecule has 6 rings (SSSR count). The molecule has 0 spiro atoms. The molecule has 4 heterocycles. The molecule has 0 bridgehead atoms. The van der Waals surface area contributed by atoms with Crippen molar-refractivity contribution < 1.29 is 27.8 Å². The monoisotopic (exact) mass is 752 g/mol. The zero-order chi connectivity index (χ0) is 36.4. The van der Waals surface area contributed by atoms with Crippen LogP contribution in [0.2, 0.25) is 10.0 Å². The third-order valence-electron chi connectivity index (χ3n) is 9.91. The van der Waals surface area contributed by atoms with E-state index in [-0.39, 0.29) is 12.2 Å². The number of amides is 1. The van der Waals surface area contributed by atoms with E-state index in [1.54, 1.807) is 4.90 Å². The van der Waals surface area contributed by atoms with Crippen LogP contribution in [0, 0.1) is 0 Å². The lowest BCUT2D eigenvalue weighted by Gasteiger charge is -2.33. The Bertz CT molecular complexity index is 1390. The summed E-state index contributed by atoms with van der Waals surface area (Å²) in [4.78, 5) is 18.2. The number of alkyl halides is 2. The number of hydrogen-bond donors (Lipinski definition) is 1. The average Bonchev–Trinajstić information content (AvgIpc) is 3.11. The number of nitrogens with zero attached hydrogens (tertiary/aromatic N) is 3. The van der Waals surface area contributed by atoms with Crippen LogP contribution in [0.25, 0.3) is 0 Å². The second-order valence-electron chi connectivity index (χ2n) is 15.1. The van der Waals surface area contributed by atoms with E-state index in [9.17, 15) is 13.6 Å². The molecule has 4 aliphatic heterocycles. The van der Waals surface area contributed by atoms with Gasteiger partial charge >= 0.3 is 6.09 Å². The molecular formula is C39H56Cl2F2N4O4. The first kappa shape index (κ1) is 39.8. The summed E-state index contributed by atoms with van der Waals surface area (Å²) < 4.78 is 44.0. The van der Waals surface area contributed by atoms with Gasteiger partial charge in [-0.1, -0.05) is 35.3 Å². The average molecular weight is 754 g/mol. The Morgan fingerprint density at radius 2 is 1.14 bits per heavy atom. The molecule has 0 aliphatic carbocycles. The molecule has 2 aromatic rings. The second kappa shape index (κ2) is 19.1. The number of likely N-dealkylation sites (tertiary alicyclic amines) is 1. The van der Waals surface area contributed by atoms with Crippen LogP contribution in [0.1, 0.15) is 83.3 Å². The van der Waals surface area contributed by atoms with Gasteiger partial charge in [-0.3, -0.25) is 0 Å². The number of anilines is 2. The second-order valence-corrected chi connectivity index (χ2v) is 15.9. The van der Waals surface area contributed by atoms with Crippen molar-refractivity contribution in [2.45, 2.75) is 116 Å². The van der Waals surface area contributed by atoms with Crippen LogP contribution in [-0.4, -0.2) is 93.5 Å². The molecule has 0 atom stereocenters. The van der Waals surface area contributed by atoms with Crippen molar-refractivity contribution in [1.82, 2.24) is 10.2 Å². The highest BCUT2D eigenvalue weighted by Gasteiger charge is 2.28. The quantitative estimate of drug-likeness (QED) is 0.289. The molecule has 4 saturated heterocycles. The number of benzene rings is 2. The summed E-state index contributed by atoms with van der Waals surface area (Å²) in [6, 6.07) is 12.1. The first-order valence-corrected chi connectivity index (χ1v) is 19.5. The van der Waals surface area contributed by atoms with Gasteiger partial charge in [0.15, 0.2) is 0 Å². The molecule has 2 aromatic carbocycles. The Morgan fingerprint density at radius 1 is 0.706 bits per heavy atom. The summed E-state index contributed by atoms with van der Waals surface area (Å²) in [5, 5.41) is 4.76. The Labute approximate surface area is 313 Å². The lowest BCUT2D eigenvalue weighted by Crippen LogP contribution is -2.43. The SMILES string of the molecule is CC(C)(C)OC(=O)N1CCC(OCc2ccc(N3CCC(F)CC3)c(Cl)c2)CC1.FC1CCN(c2ccc(COC3CCNCC3)cc2Cl)CC1. The fourth-order valence-corrected chi connectivity index (χ4v) is 7.54. The first-order valence-electron chi connectivity index (χ1n) is 18.7. The number of halogens is 4. The van der Waals surface area contributed by atoms with Gasteiger partial charge < -0.3 is 34.2 Å². The van der Waals surface area contributed by atoms with Gasteiger partial charge in [0.05, 0.1) is 46.8 Å². The summed E-state index contributed by atoms with van der Waals surface area (Å²) in [5.41, 5.74) is 3.63. The number of rotatable bonds is 8. The molecule has 4 aliphatic rings. The molecule has 0 saturated carbocycles. The van der Waals surface area contributed by atoms with Gasteiger partial charge in [0.1, 0.15) is 17.9 Å². The van der Waals surface area contributed by atoms with Crippen LogP contribution in [0.3, 0.4) is 0 Å². The van der Waals surface area contributed by atoms with Crippen molar-refractivity contribution in [2.24, 2.45) is 0 Å². The zero-order valence-electron chi connectivity index (χ0n) is 30.5. The van der Waals surface area contributed by atoms with Crippen molar-refractivity contribution in [3.8, 4) is 0 Å². The van der Waals surface area contributed by atoms with Crippen molar-refractivity contribution in [3.63, 3.8) is 0 Å². The lowest BCUT2D eigenvalue weighted by molar-refractivity contribution is -0.0170. The summed E-state index contributed by atoms with van der Waals surface area (Å²) in [6.45, 7) is 13.0. The maximum atomic E-state index is 13.4. The largest absolute Gasteiger partial charge is 0.444 e. The number of hydrogen-bond acceptors (Lipinski definition) is 7. The maximum absolute atomic E-state index is 13.4. The van der Waals surface area contributed by atoms with Crippen LogP contribution in [-0.2, 0) is 27.4 Å². The van der Waals surface area contributed by atoms with Gasteiger partial charge in [-0.25, -0.2) is 13.6 Å². The number of carbonyl (C=O) groups is 1. The standard InChI is InChI=1S/C22H32ClFN2O3.C17H24ClFN2O/c1-22(2,3)29-21(27)26-12-8-18(9-13-26)28-15-16-4-5-20(19(23)14-16)25-10-6-17(24)7-11-25;18-16-11-13(12-22-15-3-7-20-8-4-15)1-2-17(16)21-9-5-14(19)6-10-21/h4-5,14,17-18H,6-13,15H2,1-3H3;1-2,11,14-15,20H,3-10,12H2. The smallest absolute Gasteiger partial charge is 0.410 e. The fourth-order valence-electron chi connectivity index (χ4n) is 6.89. The van der Waals surface area contributed by atoms with E-state index in [1.807, 2.05) is 51.1 Å². The highest BCUT2D eigenvalue weighted by atomic mass is 35.5. The minimum atomic E-state index is -0.695. The third kappa shape index (κ3) is 12.6. The molecule has 1 amide bonds. The predicted octanol–water partition coefficient (Wildman–Crippen LogP) is 8.74. The number of piperidine rings is 4. The normalized spacial score (nSPS) is 20.3. The van der Waals surface area contributed by atoms with Gasteiger partial charge in [-0.2, -0.15) is 0 Å². The fraction of sp³-hybridized carbons (Fsp3) is 0.667. The van der Waals surface area contributed by atoms with E-state index in [2.05, 4.69) is 21.2 Å². The molecule has 4 fully saturated rings. The van der Waals surface area contributed by atoms with Crippen LogP contribution in [0.5, 0.6) is 0 Å². The Balaban J connectivity index is 0.000000205. The summed E-state index contributed by atoms with van der Waals surface area (Å²) in [7, 11) is 0. The van der Waals surface area contributed by atoms with Gasteiger partial charge in [-0.15, -0.1) is 0 Å². The third-order valence-corrected chi connectivity index (χ3v) is 10.5. The highest BCUT2D eigenvalue weighted by Crippen LogP contribution is 2.32. The number of carbonyl (C=O) groups excluding carboxylic acids is 1. The summed E-state index contributed by atoms with van der Waals surface area (Å²) in [6.07, 6.45) is 4.90. The van der Waals surface area contributed by atoms with E-state index in [1.165, 1.54) is 0 Å².